The Kier molecular flexibility index (Phi) is 5.33. The van der Waals surface area contributed by atoms with Gasteiger partial charge in [-0.25, -0.2) is 18.0 Å². The third kappa shape index (κ3) is 3.77. The van der Waals surface area contributed by atoms with Crippen LogP contribution in [0.2, 0.25) is 0 Å². The summed E-state index contributed by atoms with van der Waals surface area (Å²) in [4.78, 5) is 12.9. The van der Waals surface area contributed by atoms with Crippen LogP contribution in [-0.2, 0) is 15.9 Å². The second-order valence-electron chi connectivity index (χ2n) is 8.86. The van der Waals surface area contributed by atoms with Crippen LogP contribution in [0.5, 0.6) is 0 Å². The van der Waals surface area contributed by atoms with E-state index in [0.717, 1.165) is 22.9 Å². The maximum atomic E-state index is 15.0. The second-order valence-corrected chi connectivity index (χ2v) is 8.86. The Morgan fingerprint density at radius 1 is 0.969 bits per heavy atom. The molecule has 0 radical (unpaired) electrons. The van der Waals surface area contributed by atoms with Crippen molar-refractivity contribution in [3.05, 3.63) is 75.7 Å². The Hall–Kier alpha value is -2.85. The minimum atomic E-state index is -0.888. The van der Waals surface area contributed by atoms with Gasteiger partial charge in [0.15, 0.2) is 0 Å². The highest BCUT2D eigenvalue weighted by Crippen LogP contribution is 2.36. The third-order valence-corrected chi connectivity index (χ3v) is 6.12. The third-order valence-electron chi connectivity index (χ3n) is 6.12. The fourth-order valence-corrected chi connectivity index (χ4v) is 3.49. The number of nitrogens with zero attached hydrogens (tertiary/aromatic N) is 3. The molecule has 0 aliphatic carbocycles. The van der Waals surface area contributed by atoms with Gasteiger partial charge in [-0.1, -0.05) is 6.07 Å². The molecule has 2 heterocycles. The van der Waals surface area contributed by atoms with Crippen molar-refractivity contribution in [3.63, 3.8) is 0 Å². The van der Waals surface area contributed by atoms with Gasteiger partial charge in [-0.05, 0) is 65.0 Å². The van der Waals surface area contributed by atoms with Gasteiger partial charge in [0.1, 0.15) is 23.3 Å². The summed E-state index contributed by atoms with van der Waals surface area (Å²) in [5, 5.41) is 4.16. The van der Waals surface area contributed by atoms with Crippen molar-refractivity contribution in [1.82, 2.24) is 14.3 Å². The molecule has 10 heteroatoms. The number of hydrogen-bond acceptors (Lipinski definition) is 4. The number of hydrogen-bond donors (Lipinski definition) is 0. The number of aryl methyl sites for hydroxylation is 1. The fourth-order valence-electron chi connectivity index (χ4n) is 3.49. The molecule has 0 saturated carbocycles. The van der Waals surface area contributed by atoms with E-state index in [1.807, 2.05) is 27.7 Å². The monoisotopic (exact) mass is 445 g/mol. The minimum Gasteiger partial charge on any atom is -0.399 e. The van der Waals surface area contributed by atoms with Crippen molar-refractivity contribution in [1.29, 1.82) is 0 Å². The molecule has 1 aromatic heterocycles. The van der Waals surface area contributed by atoms with Crippen LogP contribution in [0, 0.1) is 24.4 Å². The average Bonchev–Trinajstić information content (AvgIpc) is 3.09. The topological polar surface area (TPSA) is 58.3 Å². The van der Waals surface area contributed by atoms with E-state index in [-0.39, 0.29) is 29.1 Å². The van der Waals surface area contributed by atoms with Gasteiger partial charge in [-0.15, -0.1) is 0 Å². The largest absolute Gasteiger partial charge is 0.497 e. The predicted octanol–water partition coefficient (Wildman–Crippen LogP) is 3.11. The summed E-state index contributed by atoms with van der Waals surface area (Å²) in [5.41, 5.74) is -1.44. The lowest BCUT2D eigenvalue weighted by molar-refractivity contribution is 0.00578. The molecule has 1 fully saturated rings. The van der Waals surface area contributed by atoms with Crippen molar-refractivity contribution >= 4 is 12.6 Å². The lowest BCUT2D eigenvalue weighted by atomic mass is 9.78. The lowest BCUT2D eigenvalue weighted by Gasteiger charge is -2.32. The van der Waals surface area contributed by atoms with Gasteiger partial charge in [0.05, 0.1) is 23.4 Å². The van der Waals surface area contributed by atoms with Crippen molar-refractivity contribution in [2.45, 2.75) is 52.4 Å². The average molecular weight is 445 g/mol. The Morgan fingerprint density at radius 3 is 2.25 bits per heavy atom. The lowest BCUT2D eigenvalue weighted by Crippen LogP contribution is -2.41. The first-order valence-electron chi connectivity index (χ1n) is 10.2. The summed E-state index contributed by atoms with van der Waals surface area (Å²) in [6, 6.07) is 7.21. The summed E-state index contributed by atoms with van der Waals surface area (Å²) in [7, 11) is -0.888. The minimum absolute atomic E-state index is 0.0111. The Labute approximate surface area is 183 Å². The first kappa shape index (κ1) is 22.4. The van der Waals surface area contributed by atoms with Gasteiger partial charge in [-0.3, -0.25) is 4.57 Å². The SMILES string of the molecule is Cc1nn(-c2ccc(B3OC(C)(C)C(C)(C)O3)c(F)c2)c(=O)n1Cc1cc(F)ccc1F. The van der Waals surface area contributed by atoms with Crippen LogP contribution in [0.25, 0.3) is 5.69 Å². The highest BCUT2D eigenvalue weighted by Gasteiger charge is 2.52. The Bertz CT molecular complexity index is 1240. The highest BCUT2D eigenvalue weighted by molar-refractivity contribution is 6.62. The van der Waals surface area contributed by atoms with Crippen LogP contribution in [0.4, 0.5) is 13.2 Å². The van der Waals surface area contributed by atoms with Gasteiger partial charge in [0, 0.05) is 11.0 Å². The number of rotatable bonds is 4. The second kappa shape index (κ2) is 7.63. The molecule has 168 valence electrons. The molecule has 0 amide bonds. The van der Waals surface area contributed by atoms with E-state index < -0.39 is 41.5 Å². The first-order valence-corrected chi connectivity index (χ1v) is 10.2. The van der Waals surface area contributed by atoms with Crippen molar-refractivity contribution in [3.8, 4) is 5.69 Å². The Morgan fingerprint density at radius 2 is 1.62 bits per heavy atom. The quantitative estimate of drug-likeness (QED) is 0.580. The molecule has 0 unspecified atom stereocenters. The molecule has 3 aromatic rings. The van der Waals surface area contributed by atoms with Gasteiger partial charge in [0.25, 0.3) is 0 Å². The molecule has 6 nitrogen and oxygen atoms in total. The first-order chi connectivity index (χ1) is 14.9. The van der Waals surface area contributed by atoms with Gasteiger partial charge >= 0.3 is 12.8 Å². The zero-order valence-corrected chi connectivity index (χ0v) is 18.4. The summed E-state index contributed by atoms with van der Waals surface area (Å²) >= 11 is 0. The van der Waals surface area contributed by atoms with E-state index in [0.29, 0.717) is 0 Å². The molecule has 1 aliphatic heterocycles. The van der Waals surface area contributed by atoms with Crippen LogP contribution in [0.15, 0.2) is 41.2 Å². The van der Waals surface area contributed by atoms with E-state index in [1.54, 1.807) is 6.92 Å². The van der Waals surface area contributed by atoms with Gasteiger partial charge < -0.3 is 9.31 Å². The van der Waals surface area contributed by atoms with Crippen molar-refractivity contribution < 1.29 is 22.5 Å². The molecular weight excluding hydrogens is 422 g/mol. The van der Waals surface area contributed by atoms with Gasteiger partial charge in [-0.2, -0.15) is 9.78 Å². The summed E-state index contributed by atoms with van der Waals surface area (Å²) in [5.74, 6) is -1.59. The summed E-state index contributed by atoms with van der Waals surface area (Å²) in [6.07, 6.45) is 0. The molecule has 0 spiro atoms. The highest BCUT2D eigenvalue weighted by atomic mass is 19.1. The maximum Gasteiger partial charge on any atom is 0.497 e. The molecule has 32 heavy (non-hydrogen) atoms. The molecule has 0 atom stereocenters. The van der Waals surface area contributed by atoms with Crippen LogP contribution < -0.4 is 11.2 Å². The van der Waals surface area contributed by atoms with E-state index >= 15 is 0 Å². The van der Waals surface area contributed by atoms with Crippen molar-refractivity contribution in [2.24, 2.45) is 0 Å². The van der Waals surface area contributed by atoms with Crippen molar-refractivity contribution in [2.75, 3.05) is 0 Å². The zero-order valence-electron chi connectivity index (χ0n) is 18.4. The number of aromatic nitrogens is 3. The maximum absolute atomic E-state index is 15.0. The summed E-state index contributed by atoms with van der Waals surface area (Å²) in [6.45, 7) is 8.84. The van der Waals surface area contributed by atoms with E-state index in [2.05, 4.69) is 5.10 Å². The molecular formula is C22H23BF3N3O3. The zero-order chi connectivity index (χ0) is 23.4. The predicted molar refractivity (Wildman–Crippen MR) is 114 cm³/mol. The standard InChI is InChI=1S/C22H23BF3N3O3/c1-13-27-29(20(30)28(13)12-14-10-15(24)6-9-18(14)25)16-7-8-17(19(26)11-16)23-31-21(2,3)22(4,5)32-23/h6-11H,12H2,1-5H3. The van der Waals surface area contributed by atoms with E-state index in [1.165, 1.54) is 22.8 Å². The smallest absolute Gasteiger partial charge is 0.399 e. The fraction of sp³-hybridized carbons (Fsp3) is 0.364. The van der Waals surface area contributed by atoms with E-state index in [9.17, 15) is 18.0 Å². The Balaban J connectivity index is 1.66. The molecule has 4 rings (SSSR count). The normalized spacial score (nSPS) is 17.2. The van der Waals surface area contributed by atoms with Gasteiger partial charge in [0.2, 0.25) is 0 Å². The number of benzene rings is 2. The van der Waals surface area contributed by atoms with E-state index in [4.69, 9.17) is 9.31 Å². The molecule has 0 bridgehead atoms. The molecule has 0 N–H and O–H groups in total. The van der Waals surface area contributed by atoms with Crippen LogP contribution in [0.1, 0.15) is 39.1 Å². The van der Waals surface area contributed by atoms with Crippen LogP contribution in [0.3, 0.4) is 0 Å². The number of halogens is 3. The summed E-state index contributed by atoms with van der Waals surface area (Å²) < 4.78 is 56.5. The molecule has 1 saturated heterocycles. The molecule has 2 aromatic carbocycles. The van der Waals surface area contributed by atoms with Crippen LogP contribution >= 0.6 is 0 Å². The van der Waals surface area contributed by atoms with Crippen LogP contribution in [-0.4, -0.2) is 32.7 Å². The molecule has 1 aliphatic rings.